The largest absolute Gasteiger partial charge is 0.300 e. The van der Waals surface area contributed by atoms with Gasteiger partial charge in [0.05, 0.1) is 0 Å². The van der Waals surface area contributed by atoms with Gasteiger partial charge in [0.2, 0.25) is 0 Å². The van der Waals surface area contributed by atoms with Crippen LogP contribution in [0.3, 0.4) is 0 Å². The average Bonchev–Trinajstić information content (AvgIpc) is 2.25. The normalized spacial score (nSPS) is 39.3. The van der Waals surface area contributed by atoms with Crippen LogP contribution >= 0.6 is 0 Å². The van der Waals surface area contributed by atoms with Gasteiger partial charge in [-0.2, -0.15) is 0 Å². The number of Topliss-reactive ketones (excluding diaryl/α,β-unsaturated/α-hetero) is 1. The van der Waals surface area contributed by atoms with Crippen LogP contribution in [-0.4, -0.2) is 28.8 Å². The summed E-state index contributed by atoms with van der Waals surface area (Å²) in [6.07, 6.45) is 5.41. The van der Waals surface area contributed by atoms with Gasteiger partial charge in [0, 0.05) is 17.5 Å². The quantitative estimate of drug-likeness (QED) is 0.746. The Labute approximate surface area is 107 Å². The highest BCUT2D eigenvalue weighted by molar-refractivity contribution is 5.75. The van der Waals surface area contributed by atoms with Crippen molar-refractivity contribution in [2.24, 2.45) is 5.92 Å². The Hall–Kier alpha value is -0.370. The minimum Gasteiger partial charge on any atom is -0.300 e. The maximum atomic E-state index is 11.4. The molecule has 2 nitrogen and oxygen atoms in total. The summed E-state index contributed by atoms with van der Waals surface area (Å²) >= 11 is 0. The highest BCUT2D eigenvalue weighted by atomic mass is 16.1. The van der Waals surface area contributed by atoms with Crippen molar-refractivity contribution < 1.29 is 4.79 Å². The summed E-state index contributed by atoms with van der Waals surface area (Å²) in [6, 6.07) is 0. The van der Waals surface area contributed by atoms with Gasteiger partial charge in [-0.15, -0.1) is 0 Å². The lowest BCUT2D eigenvalue weighted by Gasteiger charge is -2.56. The first-order valence-electron chi connectivity index (χ1n) is 7.01. The molecule has 17 heavy (non-hydrogen) atoms. The van der Waals surface area contributed by atoms with Crippen LogP contribution in [0.5, 0.6) is 0 Å². The zero-order valence-electron chi connectivity index (χ0n) is 12.5. The number of hydrogen-bond acceptors (Lipinski definition) is 2. The summed E-state index contributed by atoms with van der Waals surface area (Å²) in [7, 11) is 2.26. The number of rotatable bonds is 4. The van der Waals surface area contributed by atoms with Crippen LogP contribution in [-0.2, 0) is 4.79 Å². The highest BCUT2D eigenvalue weighted by Gasteiger charge is 2.46. The fraction of sp³-hybridized carbons (Fsp3) is 0.933. The highest BCUT2D eigenvalue weighted by Crippen LogP contribution is 2.44. The summed E-state index contributed by atoms with van der Waals surface area (Å²) in [6.45, 7) is 11.0. The molecule has 0 saturated carbocycles. The molecule has 1 heterocycles. The van der Waals surface area contributed by atoms with Crippen LogP contribution in [0.4, 0.5) is 0 Å². The molecule has 0 aromatic rings. The summed E-state index contributed by atoms with van der Waals surface area (Å²) in [5, 5.41) is 0. The Morgan fingerprint density at radius 2 is 1.59 bits per heavy atom. The third-order valence-corrected chi connectivity index (χ3v) is 5.18. The molecule has 0 N–H and O–H groups in total. The summed E-state index contributed by atoms with van der Waals surface area (Å²) in [4.78, 5) is 13.9. The first-order chi connectivity index (χ1) is 7.77. The molecular weight excluding hydrogens is 210 g/mol. The first kappa shape index (κ1) is 14.7. The predicted molar refractivity (Wildman–Crippen MR) is 73.2 cm³/mol. The van der Waals surface area contributed by atoms with Gasteiger partial charge in [0.15, 0.2) is 0 Å². The average molecular weight is 239 g/mol. The summed E-state index contributed by atoms with van der Waals surface area (Å²) < 4.78 is 0. The van der Waals surface area contributed by atoms with Crippen molar-refractivity contribution in [3.63, 3.8) is 0 Å². The zero-order valence-corrected chi connectivity index (χ0v) is 12.5. The molecule has 1 saturated heterocycles. The van der Waals surface area contributed by atoms with Crippen LogP contribution in [0, 0.1) is 5.92 Å². The SMILES string of the molecule is CCC1(C)CC(CC(C)=O)CC(C)(CC)N1C. The molecule has 0 bridgehead atoms. The third-order valence-electron chi connectivity index (χ3n) is 5.18. The van der Waals surface area contributed by atoms with E-state index in [1.165, 1.54) is 0 Å². The maximum Gasteiger partial charge on any atom is 0.130 e. The number of piperidine rings is 1. The van der Waals surface area contributed by atoms with Crippen molar-refractivity contribution >= 4 is 5.78 Å². The fourth-order valence-electron chi connectivity index (χ4n) is 3.56. The van der Waals surface area contributed by atoms with Gasteiger partial charge in [-0.3, -0.25) is 4.90 Å². The monoisotopic (exact) mass is 239 g/mol. The molecule has 0 aromatic heterocycles. The molecule has 1 rings (SSSR count). The Balaban J connectivity index is 2.93. The van der Waals surface area contributed by atoms with Crippen molar-refractivity contribution in [2.75, 3.05) is 7.05 Å². The molecule has 0 amide bonds. The van der Waals surface area contributed by atoms with Crippen LogP contribution in [0.1, 0.15) is 66.7 Å². The number of likely N-dealkylation sites (tertiary alicyclic amines) is 1. The lowest BCUT2D eigenvalue weighted by Crippen LogP contribution is -2.60. The van der Waals surface area contributed by atoms with Crippen molar-refractivity contribution in [2.45, 2.75) is 77.8 Å². The molecule has 1 aliphatic heterocycles. The van der Waals surface area contributed by atoms with Crippen molar-refractivity contribution in [1.82, 2.24) is 4.90 Å². The van der Waals surface area contributed by atoms with E-state index in [1.54, 1.807) is 6.92 Å². The Bertz CT molecular complexity index is 269. The fourth-order valence-corrected chi connectivity index (χ4v) is 3.56. The van der Waals surface area contributed by atoms with Crippen LogP contribution in [0.25, 0.3) is 0 Å². The van der Waals surface area contributed by atoms with Crippen LogP contribution < -0.4 is 0 Å². The van der Waals surface area contributed by atoms with Gasteiger partial charge in [0.1, 0.15) is 5.78 Å². The molecule has 0 aliphatic carbocycles. The molecule has 0 aromatic carbocycles. The van der Waals surface area contributed by atoms with E-state index in [-0.39, 0.29) is 11.1 Å². The van der Waals surface area contributed by atoms with E-state index in [4.69, 9.17) is 0 Å². The molecule has 0 radical (unpaired) electrons. The topological polar surface area (TPSA) is 20.3 Å². The van der Waals surface area contributed by atoms with Gasteiger partial charge in [-0.1, -0.05) is 13.8 Å². The van der Waals surface area contributed by atoms with E-state index in [9.17, 15) is 4.79 Å². The van der Waals surface area contributed by atoms with Crippen molar-refractivity contribution in [1.29, 1.82) is 0 Å². The molecule has 1 fully saturated rings. The Morgan fingerprint density at radius 1 is 1.18 bits per heavy atom. The van der Waals surface area contributed by atoms with Crippen LogP contribution in [0.15, 0.2) is 0 Å². The molecule has 2 heteroatoms. The number of hydrogen-bond donors (Lipinski definition) is 0. The molecule has 2 unspecified atom stereocenters. The van der Waals surface area contributed by atoms with Gasteiger partial charge in [0.25, 0.3) is 0 Å². The third kappa shape index (κ3) is 2.90. The lowest BCUT2D eigenvalue weighted by molar-refractivity contribution is -0.120. The first-order valence-corrected chi connectivity index (χ1v) is 7.01. The second-order valence-electron chi connectivity index (χ2n) is 6.44. The van der Waals surface area contributed by atoms with E-state index < -0.39 is 0 Å². The predicted octanol–water partition coefficient (Wildman–Crippen LogP) is 3.64. The molecule has 0 spiro atoms. The standard InChI is InChI=1S/C15H29NO/c1-7-14(4)10-13(9-12(3)17)11-15(5,8-2)16(14)6/h13H,7-11H2,1-6H3. The lowest BCUT2D eigenvalue weighted by atomic mass is 9.69. The summed E-state index contributed by atoms with van der Waals surface area (Å²) in [5.74, 6) is 0.912. The van der Waals surface area contributed by atoms with E-state index in [0.29, 0.717) is 11.7 Å². The zero-order chi connectivity index (χ0) is 13.3. The second kappa shape index (κ2) is 5.09. The summed E-state index contributed by atoms with van der Waals surface area (Å²) in [5.41, 5.74) is 0.506. The van der Waals surface area contributed by atoms with Gasteiger partial charge < -0.3 is 4.79 Å². The number of carbonyl (C=O) groups excluding carboxylic acids is 1. The van der Waals surface area contributed by atoms with E-state index in [0.717, 1.165) is 32.1 Å². The number of ketones is 1. The van der Waals surface area contributed by atoms with Crippen LogP contribution in [0.2, 0.25) is 0 Å². The molecule has 1 aliphatic rings. The number of nitrogens with zero attached hydrogens (tertiary/aromatic N) is 1. The second-order valence-corrected chi connectivity index (χ2v) is 6.44. The molecule has 2 atom stereocenters. The van der Waals surface area contributed by atoms with E-state index in [2.05, 4.69) is 39.6 Å². The van der Waals surface area contributed by atoms with Crippen molar-refractivity contribution in [3.05, 3.63) is 0 Å². The Kier molecular flexibility index (Phi) is 4.40. The van der Waals surface area contributed by atoms with E-state index in [1.807, 2.05) is 0 Å². The number of carbonyl (C=O) groups is 1. The van der Waals surface area contributed by atoms with Gasteiger partial charge in [-0.05, 0) is 59.4 Å². The van der Waals surface area contributed by atoms with Gasteiger partial charge >= 0.3 is 0 Å². The minimum atomic E-state index is 0.253. The minimum absolute atomic E-state index is 0.253. The smallest absolute Gasteiger partial charge is 0.130 e. The molecule has 100 valence electrons. The maximum absolute atomic E-state index is 11.4. The Morgan fingerprint density at radius 3 is 1.88 bits per heavy atom. The van der Waals surface area contributed by atoms with Crippen molar-refractivity contribution in [3.8, 4) is 0 Å². The van der Waals surface area contributed by atoms with Gasteiger partial charge in [-0.25, -0.2) is 0 Å². The molecular formula is C15H29NO. The van der Waals surface area contributed by atoms with E-state index >= 15 is 0 Å².